The van der Waals surface area contributed by atoms with E-state index in [2.05, 4.69) is 21.2 Å². The van der Waals surface area contributed by atoms with E-state index in [4.69, 9.17) is 29.0 Å². The summed E-state index contributed by atoms with van der Waals surface area (Å²) in [4.78, 5) is 19.6. The predicted octanol–water partition coefficient (Wildman–Crippen LogP) is 6.09. The average molecular weight is 674 g/mol. The van der Waals surface area contributed by atoms with Crippen LogP contribution in [0.4, 0.5) is 0 Å². The van der Waals surface area contributed by atoms with Crippen LogP contribution in [0.5, 0.6) is 17.2 Å². The summed E-state index contributed by atoms with van der Waals surface area (Å²) in [7, 11) is 3.25. The second kappa shape index (κ2) is 15.1. The Morgan fingerprint density at radius 1 is 0.933 bits per heavy atom. The van der Waals surface area contributed by atoms with Crippen molar-refractivity contribution in [2.24, 2.45) is 4.99 Å². The van der Waals surface area contributed by atoms with E-state index in [-0.39, 0.29) is 12.5 Å². The number of amides is 1. The van der Waals surface area contributed by atoms with Crippen molar-refractivity contribution in [3.8, 4) is 17.2 Å². The molecule has 5 rings (SSSR count). The summed E-state index contributed by atoms with van der Waals surface area (Å²) in [6.45, 7) is 0.838. The third kappa shape index (κ3) is 7.49. The monoisotopic (exact) mass is 672 g/mol. The van der Waals surface area contributed by atoms with Gasteiger partial charge in [0.25, 0.3) is 5.91 Å². The Hall–Kier alpha value is -4.34. The molecule has 45 heavy (non-hydrogen) atoms. The molecule has 4 aromatic carbocycles. The van der Waals surface area contributed by atoms with Gasteiger partial charge in [-0.2, -0.15) is 0 Å². The molecule has 9 heteroatoms. The molecule has 0 aromatic heterocycles. The average Bonchev–Trinajstić information content (AvgIpc) is 3.47. The molecule has 4 aromatic rings. The highest BCUT2D eigenvalue weighted by atomic mass is 79.9. The van der Waals surface area contributed by atoms with Gasteiger partial charge in [-0.3, -0.25) is 4.79 Å². The fourth-order valence-electron chi connectivity index (χ4n) is 5.38. The van der Waals surface area contributed by atoms with Crippen LogP contribution >= 0.6 is 15.9 Å². The molecule has 0 saturated carbocycles. The van der Waals surface area contributed by atoms with E-state index in [9.17, 15) is 4.79 Å². The zero-order valence-corrected chi connectivity index (χ0v) is 27.0. The molecule has 0 unspecified atom stereocenters. The van der Waals surface area contributed by atoms with Gasteiger partial charge in [0.2, 0.25) is 5.90 Å². The Bertz CT molecular complexity index is 1610. The van der Waals surface area contributed by atoms with Crippen molar-refractivity contribution in [1.82, 2.24) is 5.32 Å². The van der Waals surface area contributed by atoms with Crippen molar-refractivity contribution in [3.63, 3.8) is 0 Å². The first-order valence-corrected chi connectivity index (χ1v) is 15.6. The van der Waals surface area contributed by atoms with Crippen LogP contribution in [-0.2, 0) is 22.4 Å². The molecule has 0 fully saturated rings. The first-order chi connectivity index (χ1) is 22.0. The van der Waals surface area contributed by atoms with E-state index in [0.717, 1.165) is 38.2 Å². The number of carbonyl (C=O) groups excluding carboxylic acids is 1. The van der Waals surface area contributed by atoms with E-state index >= 15 is 0 Å². The number of hydrogen-bond acceptors (Lipinski definition) is 7. The SMILES string of the molecule is COc1ccc(OC)c(CCNC(=O)[C@]2(Cc3ccccc3Br)N=C(c3ccc(OCCCO)cc3)O[C@@H]2c2ccccc2)c1. The summed E-state index contributed by atoms with van der Waals surface area (Å²) < 4.78 is 24.2. The highest BCUT2D eigenvalue weighted by Crippen LogP contribution is 2.43. The van der Waals surface area contributed by atoms with Crippen molar-refractivity contribution in [2.45, 2.75) is 30.9 Å². The van der Waals surface area contributed by atoms with Crippen LogP contribution in [0, 0.1) is 0 Å². The zero-order valence-electron chi connectivity index (χ0n) is 25.4. The highest BCUT2D eigenvalue weighted by Gasteiger charge is 2.53. The Morgan fingerprint density at radius 3 is 2.38 bits per heavy atom. The van der Waals surface area contributed by atoms with Gasteiger partial charge in [0.15, 0.2) is 11.6 Å². The number of benzene rings is 4. The Balaban J connectivity index is 1.50. The van der Waals surface area contributed by atoms with Gasteiger partial charge in [0.1, 0.15) is 17.2 Å². The molecular formula is C36H37BrN2O6. The number of nitrogens with zero attached hydrogens (tertiary/aromatic N) is 1. The quantitative estimate of drug-likeness (QED) is 0.158. The smallest absolute Gasteiger partial charge is 0.252 e. The minimum absolute atomic E-state index is 0.0678. The van der Waals surface area contributed by atoms with E-state index in [1.54, 1.807) is 14.2 Å². The zero-order chi connectivity index (χ0) is 31.6. The number of hydrogen-bond donors (Lipinski definition) is 2. The standard InChI is InChI=1S/C36H37BrN2O6/c1-42-30-17-18-32(43-2)27(23-30)19-20-38-35(41)36(24-28-11-6-7-12-31(28)37)33(25-9-4-3-5-10-25)45-34(39-36)26-13-15-29(16-14-26)44-22-8-21-40/h3-7,9-18,23,33,40H,8,19-22,24H2,1-2H3,(H,38,41)/t33-,36-/m1/s1. The van der Waals surface area contributed by atoms with Gasteiger partial charge in [-0.1, -0.05) is 64.5 Å². The first-order valence-electron chi connectivity index (χ1n) is 14.9. The third-order valence-corrected chi connectivity index (χ3v) is 8.49. The molecule has 1 aliphatic rings. The van der Waals surface area contributed by atoms with Crippen LogP contribution in [0.25, 0.3) is 0 Å². The van der Waals surface area contributed by atoms with E-state index in [1.165, 1.54) is 0 Å². The molecule has 0 bridgehead atoms. The molecule has 1 amide bonds. The van der Waals surface area contributed by atoms with Crippen molar-refractivity contribution in [2.75, 3.05) is 34.0 Å². The number of aliphatic hydroxyl groups is 1. The van der Waals surface area contributed by atoms with Crippen molar-refractivity contribution in [3.05, 3.63) is 124 Å². The van der Waals surface area contributed by atoms with Crippen LogP contribution in [0.3, 0.4) is 0 Å². The summed E-state index contributed by atoms with van der Waals surface area (Å²) >= 11 is 3.68. The number of nitrogens with one attached hydrogen (secondary N) is 1. The Morgan fingerprint density at radius 2 is 1.67 bits per heavy atom. The van der Waals surface area contributed by atoms with Gasteiger partial charge in [-0.05, 0) is 71.6 Å². The van der Waals surface area contributed by atoms with Crippen LogP contribution in [0.2, 0.25) is 0 Å². The molecule has 2 atom stereocenters. The second-order valence-corrected chi connectivity index (χ2v) is 11.5. The Labute approximate surface area is 272 Å². The molecule has 0 aliphatic carbocycles. The molecular weight excluding hydrogens is 636 g/mol. The molecule has 2 N–H and O–H groups in total. The van der Waals surface area contributed by atoms with Gasteiger partial charge in [-0.25, -0.2) is 4.99 Å². The number of aliphatic hydroxyl groups excluding tert-OH is 1. The third-order valence-electron chi connectivity index (χ3n) is 7.72. The van der Waals surface area contributed by atoms with Crippen molar-refractivity contribution in [1.29, 1.82) is 0 Å². The number of carbonyl (C=O) groups is 1. The summed E-state index contributed by atoms with van der Waals surface area (Å²) in [6, 6.07) is 30.6. The second-order valence-electron chi connectivity index (χ2n) is 10.7. The molecule has 0 saturated heterocycles. The van der Waals surface area contributed by atoms with Crippen LogP contribution in [0.1, 0.15) is 34.8 Å². The molecule has 0 radical (unpaired) electrons. The lowest BCUT2D eigenvalue weighted by molar-refractivity contribution is -0.128. The van der Waals surface area contributed by atoms with Crippen LogP contribution in [0.15, 0.2) is 107 Å². The van der Waals surface area contributed by atoms with Gasteiger partial charge in [-0.15, -0.1) is 0 Å². The predicted molar refractivity (Wildman–Crippen MR) is 177 cm³/mol. The number of rotatable bonds is 14. The summed E-state index contributed by atoms with van der Waals surface area (Å²) in [5.74, 6) is 2.25. The highest BCUT2D eigenvalue weighted by molar-refractivity contribution is 9.10. The minimum atomic E-state index is -1.31. The Kier molecular flexibility index (Phi) is 10.8. The summed E-state index contributed by atoms with van der Waals surface area (Å²) in [5.41, 5.74) is 2.12. The minimum Gasteiger partial charge on any atom is -0.497 e. The van der Waals surface area contributed by atoms with Gasteiger partial charge in [0, 0.05) is 36.0 Å². The van der Waals surface area contributed by atoms with Crippen LogP contribution < -0.4 is 19.5 Å². The van der Waals surface area contributed by atoms with E-state index < -0.39 is 11.6 Å². The van der Waals surface area contributed by atoms with Crippen molar-refractivity contribution < 1.29 is 28.8 Å². The maximum Gasteiger partial charge on any atom is 0.252 e. The lowest BCUT2D eigenvalue weighted by Crippen LogP contribution is -2.50. The molecule has 1 aliphatic heterocycles. The fraction of sp³-hybridized carbons (Fsp3) is 0.278. The number of halogens is 1. The molecule has 234 valence electrons. The number of ether oxygens (including phenoxy) is 4. The van der Waals surface area contributed by atoms with Crippen LogP contribution in [-0.4, -0.2) is 56.4 Å². The topological polar surface area (TPSA) is 98.6 Å². The molecule has 1 heterocycles. The normalized spacial score (nSPS) is 17.2. The maximum atomic E-state index is 14.5. The molecule has 0 spiro atoms. The lowest BCUT2D eigenvalue weighted by Gasteiger charge is -2.31. The largest absolute Gasteiger partial charge is 0.497 e. The fourth-order valence-corrected chi connectivity index (χ4v) is 5.81. The van der Waals surface area contributed by atoms with Crippen molar-refractivity contribution >= 4 is 27.7 Å². The number of aliphatic imine (C=N–C) groups is 1. The van der Waals surface area contributed by atoms with Gasteiger partial charge >= 0.3 is 0 Å². The van der Waals surface area contributed by atoms with E-state index in [0.29, 0.717) is 44.1 Å². The maximum absolute atomic E-state index is 14.5. The summed E-state index contributed by atoms with van der Waals surface area (Å²) in [6.07, 6.45) is 0.692. The van der Waals surface area contributed by atoms with Gasteiger partial charge < -0.3 is 29.4 Å². The first kappa shape index (κ1) is 32.1. The molecule has 8 nitrogen and oxygen atoms in total. The summed E-state index contributed by atoms with van der Waals surface area (Å²) in [5, 5.41) is 12.2. The lowest BCUT2D eigenvalue weighted by atomic mass is 9.82. The van der Waals surface area contributed by atoms with Gasteiger partial charge in [0.05, 0.1) is 20.8 Å². The number of methoxy groups -OCH3 is 2. The van der Waals surface area contributed by atoms with E-state index in [1.807, 2.05) is 97.1 Å².